The number of hydrogen-bond donors (Lipinski definition) is 0. The molecule has 0 saturated heterocycles. The van der Waals surface area contributed by atoms with E-state index in [1.165, 1.54) is 5.56 Å². The highest BCUT2D eigenvalue weighted by Gasteiger charge is 2.25. The molecule has 0 N–H and O–H groups in total. The van der Waals surface area contributed by atoms with E-state index in [1.807, 2.05) is 78.5 Å². The summed E-state index contributed by atoms with van der Waals surface area (Å²) in [6.45, 7) is 17.2. The highest BCUT2D eigenvalue weighted by molar-refractivity contribution is 6.09. The Hall–Kier alpha value is -6.72. The van der Waals surface area contributed by atoms with Gasteiger partial charge in [-0.1, -0.05) is 140 Å². The summed E-state index contributed by atoms with van der Waals surface area (Å²) < 4.78 is 37.1. The van der Waals surface area contributed by atoms with Crippen LogP contribution in [0, 0.1) is 13.8 Å². The third kappa shape index (κ3) is 7.62. The van der Waals surface area contributed by atoms with Crippen LogP contribution in [0.5, 0.6) is 11.5 Å². The van der Waals surface area contributed by atoms with Crippen LogP contribution in [0.4, 0.5) is 0 Å². The molecule has 62 heavy (non-hydrogen) atoms. The van der Waals surface area contributed by atoms with E-state index in [1.54, 1.807) is 6.20 Å². The topological polar surface area (TPSA) is 44.9 Å². The van der Waals surface area contributed by atoms with Crippen LogP contribution in [-0.4, -0.2) is 19.3 Å². The van der Waals surface area contributed by atoms with Gasteiger partial charge in [0, 0.05) is 50.4 Å². The van der Waals surface area contributed by atoms with E-state index in [-0.39, 0.29) is 10.8 Å². The Bertz CT molecular complexity index is 3220. The summed E-state index contributed by atoms with van der Waals surface area (Å²) in [5.41, 5.74) is 11.7. The van der Waals surface area contributed by atoms with Crippen LogP contribution in [0.15, 0.2) is 158 Å². The van der Waals surface area contributed by atoms with Crippen LogP contribution >= 0.6 is 0 Å². The van der Waals surface area contributed by atoms with Gasteiger partial charge in [-0.15, -0.1) is 0 Å². The number of hydrogen-bond acceptors (Lipinski definition) is 3. The van der Waals surface area contributed by atoms with Crippen molar-refractivity contribution in [2.45, 2.75) is 85.4 Å². The first kappa shape index (κ1) is 37.1. The van der Waals surface area contributed by atoms with Crippen molar-refractivity contribution in [3.8, 4) is 45.3 Å². The fourth-order valence-electron chi connectivity index (χ4n) is 8.63. The highest BCUT2D eigenvalue weighted by atomic mass is 16.5. The summed E-state index contributed by atoms with van der Waals surface area (Å²) in [6, 6.07) is 47.8. The number of aryl methyl sites for hydroxylation is 2. The molecule has 6 aromatic carbocycles. The molecule has 0 spiro atoms. The standard InChI is InChI=1S/C57H56N4O/c1-37-28-45(57(9,10)43-16-12-11-13-17-43)29-38(2)54(37)40-26-27-58-53(30-40)61-51-19-15-14-18-49(51)50-25-24-47(34-52(50)61)62-48-32-44(56(6,7)8)31-46(33-48)60-36-41(35-59-60)39-20-22-42(23-21-39)55(3,4)5/h11-36H,1-10H3/i1D3. The molecule has 0 aliphatic carbocycles. The van der Waals surface area contributed by atoms with Crippen molar-refractivity contribution < 1.29 is 8.85 Å². The maximum Gasteiger partial charge on any atom is 0.138 e. The molecule has 0 fully saturated rings. The Labute approximate surface area is 370 Å². The van der Waals surface area contributed by atoms with Gasteiger partial charge in [0.15, 0.2) is 0 Å². The van der Waals surface area contributed by atoms with E-state index in [0.29, 0.717) is 28.4 Å². The van der Waals surface area contributed by atoms with Crippen molar-refractivity contribution in [2.24, 2.45) is 0 Å². The van der Waals surface area contributed by atoms with E-state index in [2.05, 4.69) is 145 Å². The lowest BCUT2D eigenvalue weighted by Gasteiger charge is -2.28. The van der Waals surface area contributed by atoms with Crippen LogP contribution in [0.2, 0.25) is 0 Å². The van der Waals surface area contributed by atoms with E-state index in [4.69, 9.17) is 18.9 Å². The number of fused-ring (bicyclic) bond motifs is 3. The first-order valence-electron chi connectivity index (χ1n) is 23.0. The molecule has 0 aliphatic heterocycles. The van der Waals surface area contributed by atoms with Crippen molar-refractivity contribution in [1.29, 1.82) is 0 Å². The second-order valence-electron chi connectivity index (χ2n) is 19.2. The minimum atomic E-state index is -2.35. The van der Waals surface area contributed by atoms with Gasteiger partial charge in [-0.25, -0.2) is 9.67 Å². The van der Waals surface area contributed by atoms with Crippen LogP contribution < -0.4 is 4.74 Å². The summed E-state index contributed by atoms with van der Waals surface area (Å²) in [5, 5.41) is 6.94. The van der Waals surface area contributed by atoms with Crippen molar-refractivity contribution in [2.75, 3.05) is 0 Å². The fourth-order valence-corrected chi connectivity index (χ4v) is 8.63. The molecule has 0 atom stereocenters. The molecule has 0 saturated carbocycles. The molecular formula is C57H56N4O. The van der Waals surface area contributed by atoms with E-state index < -0.39 is 12.3 Å². The average Bonchev–Trinajstić information content (AvgIpc) is 3.89. The van der Waals surface area contributed by atoms with Crippen molar-refractivity contribution >= 4 is 21.8 Å². The maximum atomic E-state index is 8.75. The second kappa shape index (κ2) is 15.3. The molecule has 5 heteroatoms. The van der Waals surface area contributed by atoms with Gasteiger partial charge in [-0.05, 0) is 117 Å². The fraction of sp³-hybridized carbons (Fsp3) is 0.228. The van der Waals surface area contributed by atoms with Crippen LogP contribution in [0.25, 0.3) is 55.6 Å². The van der Waals surface area contributed by atoms with Crippen molar-refractivity contribution in [3.63, 3.8) is 0 Å². The summed E-state index contributed by atoms with van der Waals surface area (Å²) in [4.78, 5) is 4.93. The molecular weight excluding hydrogens is 757 g/mol. The summed E-state index contributed by atoms with van der Waals surface area (Å²) in [6.07, 6.45) is 5.77. The predicted molar refractivity (Wildman–Crippen MR) is 259 cm³/mol. The Balaban J connectivity index is 1.11. The molecule has 3 heterocycles. The quantitative estimate of drug-likeness (QED) is 0.153. The number of benzene rings is 6. The summed E-state index contributed by atoms with van der Waals surface area (Å²) in [5.74, 6) is 2.05. The molecule has 3 aromatic heterocycles. The van der Waals surface area contributed by atoms with Crippen LogP contribution in [-0.2, 0) is 16.2 Å². The normalized spacial score (nSPS) is 13.3. The molecule has 0 bridgehead atoms. The zero-order chi connectivity index (χ0) is 46.1. The molecule has 0 aliphatic rings. The molecule has 9 rings (SSSR count). The minimum absolute atomic E-state index is 0.0801. The van der Waals surface area contributed by atoms with E-state index in [9.17, 15) is 0 Å². The molecule has 310 valence electrons. The van der Waals surface area contributed by atoms with Crippen molar-refractivity contribution in [1.82, 2.24) is 19.3 Å². The van der Waals surface area contributed by atoms with Gasteiger partial charge in [0.25, 0.3) is 0 Å². The monoisotopic (exact) mass is 815 g/mol. The zero-order valence-electron chi connectivity index (χ0n) is 40.2. The van der Waals surface area contributed by atoms with Gasteiger partial charge >= 0.3 is 0 Å². The van der Waals surface area contributed by atoms with Gasteiger partial charge in [0.05, 0.1) is 22.9 Å². The third-order valence-corrected chi connectivity index (χ3v) is 12.4. The number of ether oxygens (including phenoxy) is 1. The van der Waals surface area contributed by atoms with Gasteiger partial charge in [0.2, 0.25) is 0 Å². The first-order valence-corrected chi connectivity index (χ1v) is 21.5. The van der Waals surface area contributed by atoms with Crippen LogP contribution in [0.3, 0.4) is 0 Å². The number of aromatic nitrogens is 4. The van der Waals surface area contributed by atoms with Crippen molar-refractivity contribution in [3.05, 3.63) is 191 Å². The molecule has 0 unspecified atom stereocenters. The van der Waals surface area contributed by atoms with E-state index in [0.717, 1.165) is 66.4 Å². The van der Waals surface area contributed by atoms with Crippen LogP contribution in [0.1, 0.15) is 92.9 Å². The SMILES string of the molecule is [2H]C([2H])([2H])c1cc(C(C)(C)c2ccccc2)cc(C)c1-c1ccnc(-n2c3ccccc3c3ccc(Oc4cc(-n5cc(-c6ccc(C(C)(C)C)cc6)cn5)cc(C(C)(C)C)c4)cc32)c1. The largest absolute Gasteiger partial charge is 0.457 e. The van der Waals surface area contributed by atoms with Gasteiger partial charge < -0.3 is 4.74 Å². The molecule has 9 aromatic rings. The smallest absolute Gasteiger partial charge is 0.138 e. The van der Waals surface area contributed by atoms with Gasteiger partial charge in [-0.3, -0.25) is 4.57 Å². The number of rotatable bonds is 8. The second-order valence-corrected chi connectivity index (χ2v) is 19.2. The Morgan fingerprint density at radius 3 is 2.00 bits per heavy atom. The summed E-state index contributed by atoms with van der Waals surface area (Å²) in [7, 11) is 0. The average molecular weight is 816 g/mol. The lowest BCUT2D eigenvalue weighted by molar-refractivity contribution is 0.478. The summed E-state index contributed by atoms with van der Waals surface area (Å²) >= 11 is 0. The first-order chi connectivity index (χ1) is 30.8. The lowest BCUT2D eigenvalue weighted by Crippen LogP contribution is -2.19. The van der Waals surface area contributed by atoms with E-state index >= 15 is 0 Å². The molecule has 0 radical (unpaired) electrons. The lowest BCUT2D eigenvalue weighted by atomic mass is 9.76. The number of para-hydroxylation sites is 1. The minimum Gasteiger partial charge on any atom is -0.457 e. The predicted octanol–water partition coefficient (Wildman–Crippen LogP) is 15.0. The third-order valence-electron chi connectivity index (χ3n) is 12.4. The highest BCUT2D eigenvalue weighted by Crippen LogP contribution is 2.40. The van der Waals surface area contributed by atoms with Gasteiger partial charge in [0.1, 0.15) is 17.3 Å². The maximum absolute atomic E-state index is 8.75. The number of pyridine rings is 1. The Morgan fingerprint density at radius 1 is 0.548 bits per heavy atom. The Morgan fingerprint density at radius 2 is 1.26 bits per heavy atom. The number of nitrogens with zero attached hydrogens (tertiary/aromatic N) is 4. The molecule has 0 amide bonds. The molecule has 5 nitrogen and oxygen atoms in total. The van der Waals surface area contributed by atoms with Gasteiger partial charge in [-0.2, -0.15) is 5.10 Å². The Kier molecular flexibility index (Phi) is 9.16. The zero-order valence-corrected chi connectivity index (χ0v) is 37.2.